The molecular weight excluding hydrogens is 372 g/mol. The summed E-state index contributed by atoms with van der Waals surface area (Å²) < 4.78 is 11.4. The first-order valence-corrected chi connectivity index (χ1v) is 8.49. The molecule has 0 amide bonds. The van der Waals surface area contributed by atoms with Gasteiger partial charge >= 0.3 is 5.97 Å². The fourth-order valence-corrected chi connectivity index (χ4v) is 2.43. The SMILES string of the molecule is CC(C)(C)OC(=O)Cn1nc(-c2nc(-c3cccc(Cl)c3)no2)ccc1=O. The molecule has 3 rings (SSSR count). The van der Waals surface area contributed by atoms with Gasteiger partial charge in [-0.1, -0.05) is 28.9 Å². The molecule has 8 nitrogen and oxygen atoms in total. The summed E-state index contributed by atoms with van der Waals surface area (Å²) in [7, 11) is 0. The van der Waals surface area contributed by atoms with Crippen molar-refractivity contribution < 1.29 is 14.1 Å². The number of hydrogen-bond donors (Lipinski definition) is 0. The highest BCUT2D eigenvalue weighted by Crippen LogP contribution is 2.22. The largest absolute Gasteiger partial charge is 0.459 e. The molecule has 0 unspecified atom stereocenters. The lowest BCUT2D eigenvalue weighted by Crippen LogP contribution is -2.31. The number of halogens is 1. The Morgan fingerprint density at radius 1 is 1.26 bits per heavy atom. The molecule has 27 heavy (non-hydrogen) atoms. The van der Waals surface area contributed by atoms with Crippen LogP contribution in [-0.4, -0.2) is 31.5 Å². The molecule has 0 spiro atoms. The lowest BCUT2D eigenvalue weighted by Gasteiger charge is -2.19. The van der Waals surface area contributed by atoms with Crippen LogP contribution in [0.5, 0.6) is 0 Å². The Morgan fingerprint density at radius 3 is 2.74 bits per heavy atom. The smallest absolute Gasteiger partial charge is 0.328 e. The van der Waals surface area contributed by atoms with Crippen LogP contribution in [-0.2, 0) is 16.1 Å². The quantitative estimate of drug-likeness (QED) is 0.633. The van der Waals surface area contributed by atoms with Crippen LogP contribution in [0, 0.1) is 0 Å². The first-order valence-electron chi connectivity index (χ1n) is 8.11. The topological polar surface area (TPSA) is 100 Å². The molecule has 0 atom stereocenters. The number of carbonyl (C=O) groups excluding carboxylic acids is 1. The zero-order valence-electron chi connectivity index (χ0n) is 15.0. The first-order chi connectivity index (χ1) is 12.7. The number of esters is 1. The van der Waals surface area contributed by atoms with E-state index in [-0.39, 0.29) is 18.1 Å². The van der Waals surface area contributed by atoms with Crippen molar-refractivity contribution in [2.45, 2.75) is 32.9 Å². The van der Waals surface area contributed by atoms with Crippen molar-refractivity contribution in [3.63, 3.8) is 0 Å². The second-order valence-electron chi connectivity index (χ2n) is 6.73. The van der Waals surface area contributed by atoms with Crippen molar-refractivity contribution in [2.24, 2.45) is 0 Å². The molecule has 2 heterocycles. The van der Waals surface area contributed by atoms with E-state index < -0.39 is 17.1 Å². The van der Waals surface area contributed by atoms with E-state index in [1.165, 1.54) is 12.1 Å². The lowest BCUT2D eigenvalue weighted by atomic mass is 10.2. The van der Waals surface area contributed by atoms with Gasteiger partial charge in [0.25, 0.3) is 11.4 Å². The van der Waals surface area contributed by atoms with Gasteiger partial charge in [-0.05, 0) is 39.0 Å². The van der Waals surface area contributed by atoms with Crippen molar-refractivity contribution in [1.29, 1.82) is 0 Å². The molecule has 0 radical (unpaired) electrons. The van der Waals surface area contributed by atoms with Crippen molar-refractivity contribution in [1.82, 2.24) is 19.9 Å². The number of nitrogens with zero attached hydrogens (tertiary/aromatic N) is 4. The van der Waals surface area contributed by atoms with E-state index in [0.717, 1.165) is 4.68 Å². The molecule has 0 aliphatic rings. The molecule has 0 saturated carbocycles. The Balaban J connectivity index is 1.86. The standard InChI is InChI=1S/C18H17ClN4O4/c1-18(2,3)26-15(25)10-23-14(24)8-7-13(21-23)17-20-16(22-27-17)11-5-4-6-12(19)9-11/h4-9H,10H2,1-3H3. The highest BCUT2D eigenvalue weighted by atomic mass is 35.5. The maximum Gasteiger partial charge on any atom is 0.328 e. The number of ether oxygens (including phenoxy) is 1. The van der Waals surface area contributed by atoms with Gasteiger partial charge < -0.3 is 9.26 Å². The molecule has 0 aliphatic carbocycles. The monoisotopic (exact) mass is 388 g/mol. The highest BCUT2D eigenvalue weighted by Gasteiger charge is 2.19. The molecule has 1 aromatic carbocycles. The third kappa shape index (κ3) is 4.79. The Bertz CT molecular complexity index is 1040. The minimum atomic E-state index is -0.656. The van der Waals surface area contributed by atoms with Crippen LogP contribution in [0.15, 0.2) is 45.7 Å². The molecule has 0 bridgehead atoms. The van der Waals surface area contributed by atoms with Gasteiger partial charge in [0.05, 0.1) is 0 Å². The van der Waals surface area contributed by atoms with Gasteiger partial charge in [0, 0.05) is 16.7 Å². The van der Waals surface area contributed by atoms with Crippen molar-refractivity contribution >= 4 is 17.6 Å². The summed E-state index contributed by atoms with van der Waals surface area (Å²) in [5.74, 6) is -0.124. The number of aromatic nitrogens is 4. The van der Waals surface area contributed by atoms with Gasteiger partial charge in [0.2, 0.25) is 5.82 Å². The van der Waals surface area contributed by atoms with E-state index in [1.54, 1.807) is 45.0 Å². The summed E-state index contributed by atoms with van der Waals surface area (Å²) in [6.45, 7) is 4.91. The average molecular weight is 389 g/mol. The molecule has 0 aliphatic heterocycles. The fraction of sp³-hybridized carbons (Fsp3) is 0.278. The molecule has 0 saturated heterocycles. The predicted molar refractivity (Wildman–Crippen MR) is 98.1 cm³/mol. The van der Waals surface area contributed by atoms with Gasteiger partial charge in [-0.3, -0.25) is 9.59 Å². The van der Waals surface area contributed by atoms with Gasteiger partial charge in [-0.25, -0.2) is 4.68 Å². The molecule has 0 fully saturated rings. The summed E-state index contributed by atoms with van der Waals surface area (Å²) in [6, 6.07) is 9.72. The molecular formula is C18H17ClN4O4. The van der Waals surface area contributed by atoms with Crippen LogP contribution >= 0.6 is 11.6 Å². The van der Waals surface area contributed by atoms with E-state index in [2.05, 4.69) is 15.2 Å². The van der Waals surface area contributed by atoms with Crippen LogP contribution in [0.4, 0.5) is 0 Å². The van der Waals surface area contributed by atoms with Gasteiger partial charge in [-0.15, -0.1) is 0 Å². The summed E-state index contributed by atoms with van der Waals surface area (Å²) >= 11 is 5.97. The third-order valence-electron chi connectivity index (χ3n) is 3.29. The Kier molecular flexibility index (Phi) is 5.09. The van der Waals surface area contributed by atoms with Crippen molar-refractivity contribution in [2.75, 3.05) is 0 Å². The zero-order chi connectivity index (χ0) is 19.6. The fourth-order valence-electron chi connectivity index (χ4n) is 2.24. The van der Waals surface area contributed by atoms with E-state index in [1.807, 2.05) is 0 Å². The summed E-state index contributed by atoms with van der Waals surface area (Å²) in [5.41, 5.74) is -0.158. The van der Waals surface area contributed by atoms with E-state index >= 15 is 0 Å². The minimum absolute atomic E-state index is 0.114. The Hall–Kier alpha value is -3.00. The summed E-state index contributed by atoms with van der Waals surface area (Å²) in [4.78, 5) is 28.2. The van der Waals surface area contributed by atoms with Crippen molar-refractivity contribution in [3.05, 3.63) is 51.8 Å². The molecule has 140 valence electrons. The van der Waals surface area contributed by atoms with Gasteiger partial charge in [-0.2, -0.15) is 10.1 Å². The van der Waals surface area contributed by atoms with Crippen molar-refractivity contribution in [3.8, 4) is 23.0 Å². The zero-order valence-corrected chi connectivity index (χ0v) is 15.7. The molecule has 9 heteroatoms. The summed E-state index contributed by atoms with van der Waals surface area (Å²) in [5, 5.41) is 8.56. The number of benzene rings is 1. The number of hydrogen-bond acceptors (Lipinski definition) is 7. The molecule has 3 aromatic rings. The minimum Gasteiger partial charge on any atom is -0.459 e. The second kappa shape index (κ2) is 7.32. The van der Waals surface area contributed by atoms with Crippen LogP contribution < -0.4 is 5.56 Å². The predicted octanol–water partition coefficient (Wildman–Crippen LogP) is 2.96. The Labute approximate surface area is 159 Å². The van der Waals surface area contributed by atoms with E-state index in [0.29, 0.717) is 16.4 Å². The van der Waals surface area contributed by atoms with Gasteiger partial charge in [0.1, 0.15) is 17.8 Å². The average Bonchev–Trinajstić information content (AvgIpc) is 3.05. The Morgan fingerprint density at radius 2 is 2.04 bits per heavy atom. The number of carbonyl (C=O) groups is 1. The number of rotatable bonds is 4. The molecule has 0 N–H and O–H groups in total. The maximum atomic E-state index is 12.0. The van der Waals surface area contributed by atoms with Crippen LogP contribution in [0.3, 0.4) is 0 Å². The van der Waals surface area contributed by atoms with Gasteiger partial charge in [0.15, 0.2) is 0 Å². The van der Waals surface area contributed by atoms with E-state index in [9.17, 15) is 9.59 Å². The second-order valence-corrected chi connectivity index (χ2v) is 7.17. The lowest BCUT2D eigenvalue weighted by molar-refractivity contribution is -0.155. The summed E-state index contributed by atoms with van der Waals surface area (Å²) in [6.07, 6.45) is 0. The molecule has 2 aromatic heterocycles. The first kappa shape index (κ1) is 18.8. The van der Waals surface area contributed by atoms with Crippen LogP contribution in [0.25, 0.3) is 23.0 Å². The third-order valence-corrected chi connectivity index (χ3v) is 3.53. The highest BCUT2D eigenvalue weighted by molar-refractivity contribution is 6.30. The van der Waals surface area contributed by atoms with E-state index in [4.69, 9.17) is 20.9 Å². The normalized spacial score (nSPS) is 11.4. The van der Waals surface area contributed by atoms with Crippen LogP contribution in [0.2, 0.25) is 5.02 Å². The van der Waals surface area contributed by atoms with Crippen LogP contribution in [0.1, 0.15) is 20.8 Å². The maximum absolute atomic E-state index is 12.0.